The summed E-state index contributed by atoms with van der Waals surface area (Å²) in [6.45, 7) is 2.29. The summed E-state index contributed by atoms with van der Waals surface area (Å²) in [6.07, 6.45) is 4.83. The lowest BCUT2D eigenvalue weighted by molar-refractivity contribution is -0.132. The third-order valence-corrected chi connectivity index (χ3v) is 6.99. The van der Waals surface area contributed by atoms with Crippen LogP contribution in [-0.2, 0) is 9.59 Å². The molecule has 6 heteroatoms. The lowest BCUT2D eigenvalue weighted by Gasteiger charge is -2.40. The number of anilines is 1. The number of fused-ring (bicyclic) bond motifs is 2. The first kappa shape index (κ1) is 18.8. The largest absolute Gasteiger partial charge is 0.349 e. The molecule has 27 heavy (non-hydrogen) atoms. The van der Waals surface area contributed by atoms with E-state index < -0.39 is 0 Å². The van der Waals surface area contributed by atoms with Gasteiger partial charge in [0.1, 0.15) is 0 Å². The molecule has 0 radical (unpaired) electrons. The predicted octanol–water partition coefficient (Wildman–Crippen LogP) is 3.03. The summed E-state index contributed by atoms with van der Waals surface area (Å²) in [5.41, 5.74) is 1.68. The molecule has 4 rings (SSSR count). The zero-order valence-electron chi connectivity index (χ0n) is 16.1. The molecule has 0 spiro atoms. The van der Waals surface area contributed by atoms with Gasteiger partial charge in [0.25, 0.3) is 0 Å². The van der Waals surface area contributed by atoms with E-state index in [0.717, 1.165) is 43.6 Å². The summed E-state index contributed by atoms with van der Waals surface area (Å²) in [7, 11) is 3.55. The summed E-state index contributed by atoms with van der Waals surface area (Å²) in [6, 6.07) is 5.73. The van der Waals surface area contributed by atoms with Crippen LogP contribution in [0.1, 0.15) is 43.6 Å². The van der Waals surface area contributed by atoms with E-state index in [-0.39, 0.29) is 23.1 Å². The summed E-state index contributed by atoms with van der Waals surface area (Å²) in [5.74, 6) is 0.749. The molecule has 1 unspecified atom stereocenters. The van der Waals surface area contributed by atoms with E-state index in [1.54, 1.807) is 19.0 Å². The topological polar surface area (TPSA) is 52.7 Å². The van der Waals surface area contributed by atoms with Gasteiger partial charge in [-0.3, -0.25) is 9.59 Å². The smallest absolute Gasteiger partial charge is 0.234 e. The Balaban J connectivity index is 1.66. The maximum Gasteiger partial charge on any atom is 0.234 e. The number of rotatable bonds is 3. The molecule has 0 aromatic heterocycles. The van der Waals surface area contributed by atoms with Crippen molar-refractivity contribution in [3.05, 3.63) is 28.8 Å². The molecule has 0 bridgehead atoms. The van der Waals surface area contributed by atoms with Crippen molar-refractivity contribution < 1.29 is 9.59 Å². The molecule has 1 saturated heterocycles. The van der Waals surface area contributed by atoms with Crippen LogP contribution >= 0.6 is 11.6 Å². The van der Waals surface area contributed by atoms with Gasteiger partial charge < -0.3 is 15.1 Å². The molecule has 2 amide bonds. The fourth-order valence-corrected chi connectivity index (χ4v) is 5.39. The van der Waals surface area contributed by atoms with Crippen molar-refractivity contribution in [2.45, 2.75) is 38.0 Å². The monoisotopic (exact) mass is 389 g/mol. The Kier molecular flexibility index (Phi) is 4.93. The number of carbonyl (C=O) groups excluding carboxylic acids is 2. The van der Waals surface area contributed by atoms with Gasteiger partial charge in [0.15, 0.2) is 0 Å². The minimum Gasteiger partial charge on any atom is -0.349 e. The maximum absolute atomic E-state index is 13.8. The lowest BCUT2D eigenvalue weighted by Crippen LogP contribution is -2.49. The van der Waals surface area contributed by atoms with Gasteiger partial charge in [0, 0.05) is 50.2 Å². The number of nitrogens with one attached hydrogen (secondary N) is 1. The van der Waals surface area contributed by atoms with Gasteiger partial charge in [0.05, 0.1) is 5.41 Å². The molecule has 2 heterocycles. The van der Waals surface area contributed by atoms with Crippen LogP contribution in [0, 0.1) is 11.3 Å². The van der Waals surface area contributed by atoms with E-state index in [9.17, 15) is 9.59 Å². The van der Waals surface area contributed by atoms with Gasteiger partial charge in [-0.2, -0.15) is 0 Å². The quantitative estimate of drug-likeness (QED) is 0.864. The van der Waals surface area contributed by atoms with Gasteiger partial charge in [-0.25, -0.2) is 0 Å². The highest BCUT2D eigenvalue weighted by Crippen LogP contribution is 2.48. The van der Waals surface area contributed by atoms with Crippen LogP contribution < -0.4 is 10.2 Å². The Labute approximate surface area is 166 Å². The first-order chi connectivity index (χ1) is 12.9. The lowest BCUT2D eigenvalue weighted by atomic mass is 9.67. The predicted molar refractivity (Wildman–Crippen MR) is 107 cm³/mol. The van der Waals surface area contributed by atoms with Crippen LogP contribution in [0.25, 0.3) is 0 Å². The fraction of sp³-hybridized carbons (Fsp3) is 0.619. The van der Waals surface area contributed by atoms with Crippen LogP contribution in [0.15, 0.2) is 18.2 Å². The van der Waals surface area contributed by atoms with Crippen molar-refractivity contribution >= 4 is 29.1 Å². The standard InChI is InChI=1S/C21H28ClN3O2/c1-24(2)19(26)9-14-12-25(18-7-6-16(22)10-17(14)18)20(27)21-8-4-3-5-15(21)11-23-13-21/h6-7,10,14-15,23H,3-5,8-9,11-13H2,1-2H3/t14?,15-,21+/m0/s1. The molecule has 5 nitrogen and oxygen atoms in total. The van der Waals surface area contributed by atoms with E-state index in [4.69, 9.17) is 11.6 Å². The summed E-state index contributed by atoms with van der Waals surface area (Å²) >= 11 is 6.24. The first-order valence-electron chi connectivity index (χ1n) is 9.94. The van der Waals surface area contributed by atoms with Crippen molar-refractivity contribution in [1.29, 1.82) is 0 Å². The highest BCUT2D eigenvalue weighted by atomic mass is 35.5. The Morgan fingerprint density at radius 2 is 2.15 bits per heavy atom. The molecule has 3 atom stereocenters. The van der Waals surface area contributed by atoms with Crippen LogP contribution in [0.2, 0.25) is 5.02 Å². The number of hydrogen-bond acceptors (Lipinski definition) is 3. The number of hydrogen-bond donors (Lipinski definition) is 1. The van der Waals surface area contributed by atoms with Crippen molar-refractivity contribution in [3.63, 3.8) is 0 Å². The molecule has 1 saturated carbocycles. The van der Waals surface area contributed by atoms with Gasteiger partial charge in [-0.05, 0) is 49.1 Å². The molecule has 2 fully saturated rings. The van der Waals surface area contributed by atoms with Crippen molar-refractivity contribution in [2.75, 3.05) is 38.6 Å². The summed E-state index contributed by atoms with van der Waals surface area (Å²) in [4.78, 5) is 29.7. The van der Waals surface area contributed by atoms with Crippen LogP contribution in [0.3, 0.4) is 0 Å². The number of benzene rings is 1. The molecule has 2 aliphatic heterocycles. The maximum atomic E-state index is 13.8. The molecular weight excluding hydrogens is 362 g/mol. The Hall–Kier alpha value is -1.59. The zero-order chi connectivity index (χ0) is 19.2. The van der Waals surface area contributed by atoms with E-state index in [2.05, 4.69) is 5.32 Å². The molecule has 3 aliphatic rings. The average Bonchev–Trinajstić information content (AvgIpc) is 3.23. The molecule has 1 aromatic rings. The van der Waals surface area contributed by atoms with Crippen LogP contribution in [0.4, 0.5) is 5.69 Å². The minimum atomic E-state index is -0.282. The van der Waals surface area contributed by atoms with Crippen molar-refractivity contribution in [2.24, 2.45) is 11.3 Å². The van der Waals surface area contributed by atoms with E-state index in [1.807, 2.05) is 23.1 Å². The van der Waals surface area contributed by atoms with Gasteiger partial charge >= 0.3 is 0 Å². The number of halogens is 1. The Morgan fingerprint density at radius 1 is 1.33 bits per heavy atom. The highest BCUT2D eigenvalue weighted by Gasteiger charge is 2.53. The fourth-order valence-electron chi connectivity index (χ4n) is 5.21. The van der Waals surface area contributed by atoms with Crippen LogP contribution in [-0.4, -0.2) is 50.4 Å². The second-order valence-electron chi connectivity index (χ2n) is 8.54. The molecule has 1 aromatic carbocycles. The number of nitrogens with zero attached hydrogens (tertiary/aromatic N) is 2. The Morgan fingerprint density at radius 3 is 2.93 bits per heavy atom. The normalized spacial score (nSPS) is 29.4. The highest BCUT2D eigenvalue weighted by molar-refractivity contribution is 6.30. The average molecular weight is 390 g/mol. The Bertz CT molecular complexity index is 766. The summed E-state index contributed by atoms with van der Waals surface area (Å²) in [5, 5.41) is 4.13. The van der Waals surface area contributed by atoms with Crippen molar-refractivity contribution in [1.82, 2.24) is 10.2 Å². The number of carbonyl (C=O) groups is 2. The second kappa shape index (κ2) is 7.10. The van der Waals surface area contributed by atoms with Crippen molar-refractivity contribution in [3.8, 4) is 0 Å². The van der Waals surface area contributed by atoms with Gasteiger partial charge in [-0.15, -0.1) is 0 Å². The SMILES string of the molecule is CN(C)C(=O)CC1CN(C(=O)[C@@]23CCCC[C@H]2CNC3)c2ccc(Cl)cc21. The van der Waals surface area contributed by atoms with E-state index in [0.29, 0.717) is 23.9 Å². The van der Waals surface area contributed by atoms with E-state index >= 15 is 0 Å². The molecule has 146 valence electrons. The molecular formula is C21H28ClN3O2. The molecule has 1 N–H and O–H groups in total. The summed E-state index contributed by atoms with van der Waals surface area (Å²) < 4.78 is 0. The van der Waals surface area contributed by atoms with Gasteiger partial charge in [-0.1, -0.05) is 24.4 Å². The van der Waals surface area contributed by atoms with E-state index in [1.165, 1.54) is 6.42 Å². The zero-order valence-corrected chi connectivity index (χ0v) is 16.9. The first-order valence-corrected chi connectivity index (χ1v) is 10.3. The second-order valence-corrected chi connectivity index (χ2v) is 8.97. The third-order valence-electron chi connectivity index (χ3n) is 6.75. The van der Waals surface area contributed by atoms with Gasteiger partial charge in [0.2, 0.25) is 11.8 Å². The number of amides is 2. The van der Waals surface area contributed by atoms with Crippen LogP contribution in [0.5, 0.6) is 0 Å². The minimum absolute atomic E-state index is 0.00496. The molecule has 1 aliphatic carbocycles. The third kappa shape index (κ3) is 3.15.